The fourth-order valence-electron chi connectivity index (χ4n) is 3.30. The van der Waals surface area contributed by atoms with Crippen LogP contribution in [-0.2, 0) is 9.63 Å². The summed E-state index contributed by atoms with van der Waals surface area (Å²) >= 11 is 2.75. The molecule has 162 valence electrons. The lowest BCUT2D eigenvalue weighted by atomic mass is 10.1. The number of likely N-dealkylation sites (tertiary alicyclic amines) is 1. The van der Waals surface area contributed by atoms with Crippen LogP contribution in [0.2, 0.25) is 0 Å². The number of hydrogen-bond donors (Lipinski definition) is 2. The summed E-state index contributed by atoms with van der Waals surface area (Å²) in [6, 6.07) is 5.58. The van der Waals surface area contributed by atoms with Crippen LogP contribution in [0.1, 0.15) is 40.0 Å². The first-order valence-corrected chi connectivity index (χ1v) is 11.6. The molecule has 0 spiro atoms. The van der Waals surface area contributed by atoms with Crippen LogP contribution in [0.3, 0.4) is 0 Å². The van der Waals surface area contributed by atoms with Crippen LogP contribution in [0.4, 0.5) is 5.95 Å². The Labute approximate surface area is 186 Å². The van der Waals surface area contributed by atoms with Crippen molar-refractivity contribution in [3.8, 4) is 0 Å². The average molecular weight is 459 g/mol. The number of carbonyl (C=O) groups is 2. The maximum absolute atomic E-state index is 12.3. The number of anilines is 1. The van der Waals surface area contributed by atoms with Gasteiger partial charge in [-0.25, -0.2) is 9.97 Å². The molecule has 1 aliphatic heterocycles. The molecule has 0 aromatic carbocycles. The number of nitrogens with one attached hydrogen (secondary N) is 1. The molecule has 4 heterocycles. The lowest BCUT2D eigenvalue weighted by Crippen LogP contribution is -2.28. The van der Waals surface area contributed by atoms with E-state index in [-0.39, 0.29) is 24.4 Å². The summed E-state index contributed by atoms with van der Waals surface area (Å²) in [5.74, 6) is 0.0717. The molecule has 11 heteroatoms. The van der Waals surface area contributed by atoms with Crippen molar-refractivity contribution in [1.82, 2.24) is 20.2 Å². The van der Waals surface area contributed by atoms with Gasteiger partial charge in [0.2, 0.25) is 11.9 Å². The van der Waals surface area contributed by atoms with Crippen molar-refractivity contribution in [3.05, 3.63) is 39.0 Å². The number of amides is 2. The molecule has 2 amide bonds. The van der Waals surface area contributed by atoms with Gasteiger partial charge in [0.05, 0.1) is 16.3 Å². The van der Waals surface area contributed by atoms with Gasteiger partial charge in [-0.1, -0.05) is 11.2 Å². The van der Waals surface area contributed by atoms with Crippen LogP contribution < -0.4 is 11.1 Å². The van der Waals surface area contributed by atoms with E-state index in [1.807, 2.05) is 24.4 Å². The summed E-state index contributed by atoms with van der Waals surface area (Å²) in [7, 11) is 0. The van der Waals surface area contributed by atoms with Crippen LogP contribution in [0.5, 0.6) is 0 Å². The molecule has 9 nitrogen and oxygen atoms in total. The van der Waals surface area contributed by atoms with Crippen LogP contribution in [-0.4, -0.2) is 58.6 Å². The van der Waals surface area contributed by atoms with E-state index in [1.165, 1.54) is 22.7 Å². The highest BCUT2D eigenvalue weighted by Crippen LogP contribution is 2.29. The molecule has 0 atom stereocenters. The molecule has 0 unspecified atom stereocenters. The first kappa shape index (κ1) is 21.2. The standard InChI is InChI=1S/C20H22N6O3S2/c1-2-22-18(28)14-11-12-16(23-20(21)24-19(12)31-14)17(13-5-4-10-30-13)25-29-9-8-26-7-3-6-15(26)27/h4-5,10-11H,2-3,6-9H2,1H3,(H,22,28)(H2,21,23,24)/b25-17+. The first-order valence-electron chi connectivity index (χ1n) is 9.94. The normalized spacial score (nSPS) is 14.4. The molecule has 1 fully saturated rings. The van der Waals surface area contributed by atoms with E-state index in [0.29, 0.717) is 46.0 Å². The third kappa shape index (κ3) is 4.67. The second-order valence-corrected chi connectivity index (χ2v) is 8.83. The molecule has 0 bridgehead atoms. The van der Waals surface area contributed by atoms with E-state index >= 15 is 0 Å². The van der Waals surface area contributed by atoms with Gasteiger partial charge in [-0.05, 0) is 30.9 Å². The number of hydrogen-bond acceptors (Lipinski definition) is 9. The first-order chi connectivity index (χ1) is 15.1. The van der Waals surface area contributed by atoms with Gasteiger partial charge < -0.3 is 20.8 Å². The number of aromatic nitrogens is 2. The average Bonchev–Trinajstić information content (AvgIpc) is 3.49. The molecule has 4 rings (SSSR count). The lowest BCUT2D eigenvalue weighted by Gasteiger charge is -2.14. The molecule has 0 aliphatic carbocycles. The second kappa shape index (κ2) is 9.40. The Hall–Kier alpha value is -3.05. The molecule has 0 saturated carbocycles. The van der Waals surface area contributed by atoms with Crippen molar-refractivity contribution in [2.24, 2.45) is 5.16 Å². The van der Waals surface area contributed by atoms with Crippen molar-refractivity contribution in [2.75, 3.05) is 32.0 Å². The fraction of sp³-hybridized carbons (Fsp3) is 0.350. The van der Waals surface area contributed by atoms with Crippen molar-refractivity contribution < 1.29 is 14.4 Å². The fourth-order valence-corrected chi connectivity index (χ4v) is 4.96. The topological polar surface area (TPSA) is 123 Å². The zero-order chi connectivity index (χ0) is 21.8. The minimum atomic E-state index is -0.170. The molecule has 3 N–H and O–H groups in total. The number of thiophene rings is 2. The van der Waals surface area contributed by atoms with Gasteiger partial charge in [-0.15, -0.1) is 22.7 Å². The summed E-state index contributed by atoms with van der Waals surface area (Å²) in [6.45, 7) is 3.91. The molecule has 31 heavy (non-hydrogen) atoms. The number of fused-ring (bicyclic) bond motifs is 1. The summed E-state index contributed by atoms with van der Waals surface area (Å²) in [5, 5.41) is 9.76. The van der Waals surface area contributed by atoms with Gasteiger partial charge in [0.15, 0.2) is 0 Å². The van der Waals surface area contributed by atoms with E-state index < -0.39 is 0 Å². The van der Waals surface area contributed by atoms with Gasteiger partial charge in [0.1, 0.15) is 22.8 Å². The maximum atomic E-state index is 12.3. The maximum Gasteiger partial charge on any atom is 0.261 e. The van der Waals surface area contributed by atoms with Crippen LogP contribution in [0.15, 0.2) is 28.7 Å². The molecular formula is C20H22N6O3S2. The molecule has 3 aromatic rings. The third-order valence-electron chi connectivity index (χ3n) is 4.73. The minimum Gasteiger partial charge on any atom is -0.393 e. The van der Waals surface area contributed by atoms with Crippen LogP contribution >= 0.6 is 22.7 Å². The second-order valence-electron chi connectivity index (χ2n) is 6.85. The van der Waals surface area contributed by atoms with Crippen LogP contribution in [0.25, 0.3) is 10.2 Å². The summed E-state index contributed by atoms with van der Waals surface area (Å²) in [5.41, 5.74) is 6.98. The molecule has 1 saturated heterocycles. The predicted octanol–water partition coefficient (Wildman–Crippen LogP) is 2.48. The number of rotatable bonds is 8. The van der Waals surface area contributed by atoms with Gasteiger partial charge in [0, 0.05) is 24.9 Å². The highest BCUT2D eigenvalue weighted by molar-refractivity contribution is 7.20. The minimum absolute atomic E-state index is 0.0960. The van der Waals surface area contributed by atoms with Gasteiger partial charge >= 0.3 is 0 Å². The Bertz CT molecular complexity index is 1130. The van der Waals surface area contributed by atoms with Crippen molar-refractivity contribution in [3.63, 3.8) is 0 Å². The lowest BCUT2D eigenvalue weighted by molar-refractivity contribution is -0.128. The van der Waals surface area contributed by atoms with Gasteiger partial charge in [0.25, 0.3) is 5.91 Å². The predicted molar refractivity (Wildman–Crippen MR) is 122 cm³/mol. The van der Waals surface area contributed by atoms with Crippen molar-refractivity contribution >= 4 is 56.4 Å². The SMILES string of the molecule is CCNC(=O)c1cc2c(/C(=N/OCCN3CCCC3=O)c3cccs3)nc(N)nc2s1. The monoisotopic (exact) mass is 458 g/mol. The quantitative estimate of drug-likeness (QED) is 0.304. The molecular weight excluding hydrogens is 436 g/mol. The van der Waals surface area contributed by atoms with E-state index in [4.69, 9.17) is 10.6 Å². The molecule has 0 radical (unpaired) electrons. The van der Waals surface area contributed by atoms with E-state index in [0.717, 1.165) is 17.8 Å². The largest absolute Gasteiger partial charge is 0.393 e. The zero-order valence-electron chi connectivity index (χ0n) is 17.0. The number of carbonyl (C=O) groups excluding carboxylic acids is 2. The number of nitrogens with zero attached hydrogens (tertiary/aromatic N) is 4. The zero-order valence-corrected chi connectivity index (χ0v) is 18.6. The van der Waals surface area contributed by atoms with E-state index in [1.54, 1.807) is 11.0 Å². The summed E-state index contributed by atoms with van der Waals surface area (Å²) < 4.78 is 0. The van der Waals surface area contributed by atoms with E-state index in [2.05, 4.69) is 20.4 Å². The Kier molecular flexibility index (Phi) is 6.42. The molecule has 1 aliphatic rings. The van der Waals surface area contributed by atoms with Crippen molar-refractivity contribution in [1.29, 1.82) is 0 Å². The Morgan fingerprint density at radius 1 is 1.39 bits per heavy atom. The van der Waals surface area contributed by atoms with Gasteiger partial charge in [-0.3, -0.25) is 9.59 Å². The van der Waals surface area contributed by atoms with Crippen LogP contribution in [0, 0.1) is 0 Å². The van der Waals surface area contributed by atoms with Gasteiger partial charge in [-0.2, -0.15) is 0 Å². The number of nitrogens with two attached hydrogens (primary N) is 1. The highest BCUT2D eigenvalue weighted by atomic mass is 32.1. The Morgan fingerprint density at radius 3 is 2.97 bits per heavy atom. The Morgan fingerprint density at radius 2 is 2.26 bits per heavy atom. The molecule has 3 aromatic heterocycles. The third-order valence-corrected chi connectivity index (χ3v) is 6.63. The smallest absolute Gasteiger partial charge is 0.261 e. The Balaban J connectivity index is 1.66. The number of nitrogen functional groups attached to an aromatic ring is 1. The number of oxime groups is 1. The summed E-state index contributed by atoms with van der Waals surface area (Å²) in [4.78, 5) is 42.1. The van der Waals surface area contributed by atoms with E-state index in [9.17, 15) is 9.59 Å². The summed E-state index contributed by atoms with van der Waals surface area (Å²) in [6.07, 6.45) is 1.47. The highest BCUT2D eigenvalue weighted by Gasteiger charge is 2.22. The van der Waals surface area contributed by atoms with Crippen molar-refractivity contribution in [2.45, 2.75) is 19.8 Å².